The summed E-state index contributed by atoms with van der Waals surface area (Å²) in [4.78, 5) is 27.6. The number of nitrogens with zero attached hydrogens (tertiary/aromatic N) is 3. The second-order valence-electron chi connectivity index (χ2n) is 6.26. The van der Waals surface area contributed by atoms with Crippen LogP contribution in [-0.2, 0) is 0 Å². The number of aryl methyl sites for hydroxylation is 1. The number of piperazine rings is 1. The molecule has 2 aliphatic heterocycles. The Morgan fingerprint density at radius 3 is 2.67 bits per heavy atom. The fourth-order valence-electron chi connectivity index (χ4n) is 3.42. The summed E-state index contributed by atoms with van der Waals surface area (Å²) in [6.07, 6.45) is 0.936. The third kappa shape index (κ3) is 3.85. The van der Waals surface area contributed by atoms with E-state index in [0.29, 0.717) is 19.1 Å². The zero-order chi connectivity index (χ0) is 16.4. The highest BCUT2D eigenvalue weighted by molar-refractivity contribution is 5.98. The minimum Gasteiger partial charge on any atom is -0.337 e. The smallest absolute Gasteiger partial charge is 0.282 e. The molecule has 0 radical (unpaired) electrons. The zero-order valence-corrected chi connectivity index (χ0v) is 14.6. The molecule has 1 N–H and O–H groups in total. The van der Waals surface area contributed by atoms with Crippen LogP contribution >= 0.6 is 12.4 Å². The molecule has 24 heavy (non-hydrogen) atoms. The van der Waals surface area contributed by atoms with Gasteiger partial charge in [-0.05, 0) is 25.0 Å². The standard InChI is InChI=1S/C16H22N4O3.ClH/c1-12-2-3-15(20(22)23)14(10-12)16(21)19-7-4-13(11-19)18-8-5-17-6-9-18;/h2-3,10,13,17H,4-9,11H2,1H3;1H. The molecule has 2 saturated heterocycles. The Balaban J connectivity index is 0.00000208. The number of benzene rings is 1. The molecule has 1 aromatic rings. The summed E-state index contributed by atoms with van der Waals surface area (Å²) >= 11 is 0. The molecule has 2 aliphatic rings. The lowest BCUT2D eigenvalue weighted by Gasteiger charge is -2.32. The van der Waals surface area contributed by atoms with Crippen molar-refractivity contribution >= 4 is 24.0 Å². The van der Waals surface area contributed by atoms with Crippen molar-refractivity contribution in [1.29, 1.82) is 0 Å². The van der Waals surface area contributed by atoms with Gasteiger partial charge < -0.3 is 10.2 Å². The molecule has 0 bridgehead atoms. The Kier molecular flexibility index (Phi) is 6.15. The van der Waals surface area contributed by atoms with E-state index in [-0.39, 0.29) is 29.6 Å². The Bertz CT molecular complexity index is 619. The van der Waals surface area contributed by atoms with E-state index in [4.69, 9.17) is 0 Å². The number of hydrogen-bond acceptors (Lipinski definition) is 5. The van der Waals surface area contributed by atoms with Crippen molar-refractivity contribution in [3.63, 3.8) is 0 Å². The first-order chi connectivity index (χ1) is 11.1. The summed E-state index contributed by atoms with van der Waals surface area (Å²) in [6, 6.07) is 5.08. The fraction of sp³-hybridized carbons (Fsp3) is 0.562. The van der Waals surface area contributed by atoms with E-state index in [2.05, 4.69) is 10.2 Å². The maximum atomic E-state index is 12.7. The Hall–Kier alpha value is -1.70. The lowest BCUT2D eigenvalue weighted by molar-refractivity contribution is -0.385. The normalized spacial score (nSPS) is 21.4. The van der Waals surface area contributed by atoms with Crippen molar-refractivity contribution in [2.75, 3.05) is 39.3 Å². The number of halogens is 1. The van der Waals surface area contributed by atoms with E-state index in [1.54, 1.807) is 17.0 Å². The van der Waals surface area contributed by atoms with Crippen LogP contribution in [0.5, 0.6) is 0 Å². The molecular weight excluding hydrogens is 332 g/mol. The third-order valence-corrected chi connectivity index (χ3v) is 4.70. The molecule has 2 heterocycles. The van der Waals surface area contributed by atoms with E-state index in [1.807, 2.05) is 6.92 Å². The monoisotopic (exact) mass is 354 g/mol. The van der Waals surface area contributed by atoms with Crippen molar-refractivity contribution in [2.45, 2.75) is 19.4 Å². The predicted molar refractivity (Wildman–Crippen MR) is 93.8 cm³/mol. The number of nitro groups is 1. The van der Waals surface area contributed by atoms with Gasteiger partial charge in [-0.1, -0.05) is 6.07 Å². The van der Waals surface area contributed by atoms with Gasteiger partial charge in [0, 0.05) is 51.4 Å². The lowest BCUT2D eigenvalue weighted by atomic mass is 10.1. The molecule has 3 rings (SSSR count). The molecule has 0 aromatic heterocycles. The van der Waals surface area contributed by atoms with Crippen LogP contribution in [0.4, 0.5) is 5.69 Å². The van der Waals surface area contributed by atoms with Gasteiger partial charge in [0.1, 0.15) is 5.56 Å². The number of rotatable bonds is 3. The number of nitro benzene ring substituents is 1. The largest absolute Gasteiger partial charge is 0.337 e. The Morgan fingerprint density at radius 1 is 1.29 bits per heavy atom. The molecule has 0 aliphatic carbocycles. The first-order valence-electron chi connectivity index (χ1n) is 8.05. The topological polar surface area (TPSA) is 78.7 Å². The second kappa shape index (κ2) is 7.92. The predicted octanol–water partition coefficient (Wildman–Crippen LogP) is 1.44. The molecule has 8 heteroatoms. The van der Waals surface area contributed by atoms with Crippen molar-refractivity contribution in [3.05, 3.63) is 39.4 Å². The molecule has 7 nitrogen and oxygen atoms in total. The van der Waals surface area contributed by atoms with Gasteiger partial charge in [0.2, 0.25) is 0 Å². The van der Waals surface area contributed by atoms with Gasteiger partial charge in [0.25, 0.3) is 11.6 Å². The highest BCUT2D eigenvalue weighted by Gasteiger charge is 2.33. The summed E-state index contributed by atoms with van der Waals surface area (Å²) in [5, 5.41) is 14.5. The number of nitrogens with one attached hydrogen (secondary N) is 1. The number of likely N-dealkylation sites (tertiary alicyclic amines) is 1. The fourth-order valence-corrected chi connectivity index (χ4v) is 3.42. The van der Waals surface area contributed by atoms with Crippen molar-refractivity contribution in [1.82, 2.24) is 15.1 Å². The van der Waals surface area contributed by atoms with Crippen molar-refractivity contribution in [2.24, 2.45) is 0 Å². The average molecular weight is 355 g/mol. The summed E-state index contributed by atoms with van der Waals surface area (Å²) in [5.41, 5.74) is 0.957. The van der Waals surface area contributed by atoms with Gasteiger partial charge in [-0.15, -0.1) is 12.4 Å². The summed E-state index contributed by atoms with van der Waals surface area (Å²) in [7, 11) is 0. The Labute approximate surface area is 147 Å². The minimum absolute atomic E-state index is 0. The molecule has 1 amide bonds. The first kappa shape index (κ1) is 18.6. The zero-order valence-electron chi connectivity index (χ0n) is 13.7. The Morgan fingerprint density at radius 2 is 2.00 bits per heavy atom. The van der Waals surface area contributed by atoms with Gasteiger partial charge in [0.05, 0.1) is 4.92 Å². The van der Waals surface area contributed by atoms with Crippen LogP contribution in [0, 0.1) is 17.0 Å². The van der Waals surface area contributed by atoms with Crippen LogP contribution in [0.3, 0.4) is 0 Å². The van der Waals surface area contributed by atoms with Crippen LogP contribution in [0.2, 0.25) is 0 Å². The summed E-state index contributed by atoms with van der Waals surface area (Å²) < 4.78 is 0. The first-order valence-corrected chi connectivity index (χ1v) is 8.05. The van der Waals surface area contributed by atoms with Gasteiger partial charge in [-0.25, -0.2) is 0 Å². The highest BCUT2D eigenvalue weighted by atomic mass is 35.5. The van der Waals surface area contributed by atoms with Crippen LogP contribution in [0.1, 0.15) is 22.3 Å². The maximum absolute atomic E-state index is 12.7. The summed E-state index contributed by atoms with van der Waals surface area (Å²) in [6.45, 7) is 7.12. The van der Waals surface area contributed by atoms with Gasteiger partial charge >= 0.3 is 0 Å². The molecule has 0 spiro atoms. The van der Waals surface area contributed by atoms with Gasteiger partial charge in [-0.2, -0.15) is 0 Å². The number of carbonyl (C=O) groups excluding carboxylic acids is 1. The number of carbonyl (C=O) groups is 1. The second-order valence-corrected chi connectivity index (χ2v) is 6.26. The maximum Gasteiger partial charge on any atom is 0.282 e. The summed E-state index contributed by atoms with van der Waals surface area (Å²) in [5.74, 6) is -0.224. The van der Waals surface area contributed by atoms with Crippen molar-refractivity contribution < 1.29 is 9.72 Å². The molecule has 132 valence electrons. The van der Waals surface area contributed by atoms with E-state index >= 15 is 0 Å². The highest BCUT2D eigenvalue weighted by Crippen LogP contribution is 2.24. The van der Waals surface area contributed by atoms with Gasteiger partial charge in [0.15, 0.2) is 0 Å². The van der Waals surface area contributed by atoms with Crippen molar-refractivity contribution in [3.8, 4) is 0 Å². The average Bonchev–Trinajstić information content (AvgIpc) is 3.04. The molecule has 1 atom stereocenters. The van der Waals surface area contributed by atoms with Crippen LogP contribution in [0.15, 0.2) is 18.2 Å². The van der Waals surface area contributed by atoms with E-state index in [0.717, 1.165) is 38.2 Å². The number of hydrogen-bond donors (Lipinski definition) is 1. The third-order valence-electron chi connectivity index (χ3n) is 4.70. The molecule has 1 unspecified atom stereocenters. The van der Waals surface area contributed by atoms with Crippen LogP contribution in [0.25, 0.3) is 0 Å². The number of amides is 1. The molecule has 0 saturated carbocycles. The quantitative estimate of drug-likeness (QED) is 0.656. The van der Waals surface area contributed by atoms with E-state index in [9.17, 15) is 14.9 Å². The van der Waals surface area contributed by atoms with Crippen LogP contribution < -0.4 is 5.32 Å². The molecule has 1 aromatic carbocycles. The lowest BCUT2D eigenvalue weighted by Crippen LogP contribution is -2.49. The van der Waals surface area contributed by atoms with Gasteiger partial charge in [-0.3, -0.25) is 19.8 Å². The SMILES string of the molecule is Cc1ccc([N+](=O)[O-])c(C(=O)N2CCC(N3CCNCC3)C2)c1.Cl. The minimum atomic E-state index is -0.476. The van der Waals surface area contributed by atoms with Crippen LogP contribution in [-0.4, -0.2) is 65.9 Å². The molecule has 2 fully saturated rings. The van der Waals surface area contributed by atoms with E-state index in [1.165, 1.54) is 6.07 Å². The molecular formula is C16H23ClN4O3. The van der Waals surface area contributed by atoms with E-state index < -0.39 is 4.92 Å².